The summed E-state index contributed by atoms with van der Waals surface area (Å²) in [6.45, 7) is 0.889. The number of anilines is 1. The summed E-state index contributed by atoms with van der Waals surface area (Å²) < 4.78 is 0.895. The molecule has 0 saturated heterocycles. The molecular weight excluding hydrogens is 316 g/mol. The molecule has 2 aromatic rings. The molecule has 0 fully saturated rings. The Kier molecular flexibility index (Phi) is 4.93. The van der Waals surface area contributed by atoms with Crippen LogP contribution in [-0.2, 0) is 6.54 Å². The fourth-order valence-corrected chi connectivity index (χ4v) is 2.29. The Hall–Kier alpha value is -1.65. The fourth-order valence-electron chi connectivity index (χ4n) is 1.89. The molecule has 3 nitrogen and oxygen atoms in total. The number of nitrogens with zero attached hydrogens (tertiary/aromatic N) is 1. The Balaban J connectivity index is 2.04. The van der Waals surface area contributed by atoms with E-state index in [2.05, 4.69) is 26.1 Å². The summed E-state index contributed by atoms with van der Waals surface area (Å²) in [5.74, 6) is -0.105. The molecule has 1 N–H and O–H groups in total. The molecule has 1 amide bonds. The van der Waals surface area contributed by atoms with Crippen molar-refractivity contribution in [2.75, 3.05) is 19.4 Å². The number of carbonyl (C=O) groups is 1. The van der Waals surface area contributed by atoms with Crippen LogP contribution in [0.1, 0.15) is 15.9 Å². The highest BCUT2D eigenvalue weighted by atomic mass is 79.9. The largest absolute Gasteiger partial charge is 0.322 e. The number of benzene rings is 2. The molecule has 0 aliphatic heterocycles. The van der Waals surface area contributed by atoms with E-state index in [1.165, 1.54) is 5.56 Å². The van der Waals surface area contributed by atoms with Crippen LogP contribution in [0, 0.1) is 0 Å². The number of hydrogen-bond acceptors (Lipinski definition) is 2. The summed E-state index contributed by atoms with van der Waals surface area (Å²) >= 11 is 3.36. The normalized spacial score (nSPS) is 10.6. The number of rotatable bonds is 4. The molecule has 4 heteroatoms. The molecule has 0 heterocycles. The zero-order valence-electron chi connectivity index (χ0n) is 11.6. The van der Waals surface area contributed by atoms with Crippen LogP contribution in [0.3, 0.4) is 0 Å². The van der Waals surface area contributed by atoms with E-state index in [9.17, 15) is 4.79 Å². The van der Waals surface area contributed by atoms with Gasteiger partial charge in [0.15, 0.2) is 0 Å². The third-order valence-corrected chi connectivity index (χ3v) is 3.29. The minimum absolute atomic E-state index is 0.105. The van der Waals surface area contributed by atoms with E-state index in [-0.39, 0.29) is 5.91 Å². The second kappa shape index (κ2) is 6.68. The van der Waals surface area contributed by atoms with E-state index in [1.54, 1.807) is 12.1 Å². The highest BCUT2D eigenvalue weighted by molar-refractivity contribution is 9.10. The molecule has 0 saturated carbocycles. The lowest BCUT2D eigenvalue weighted by Gasteiger charge is -2.10. The molecule has 104 valence electrons. The van der Waals surface area contributed by atoms with Crippen molar-refractivity contribution < 1.29 is 4.79 Å². The van der Waals surface area contributed by atoms with Crippen LogP contribution < -0.4 is 5.32 Å². The second-order valence-corrected chi connectivity index (χ2v) is 5.81. The number of amides is 1. The van der Waals surface area contributed by atoms with Crippen LogP contribution in [0.25, 0.3) is 0 Å². The van der Waals surface area contributed by atoms with E-state index >= 15 is 0 Å². The monoisotopic (exact) mass is 332 g/mol. The van der Waals surface area contributed by atoms with Crippen molar-refractivity contribution >= 4 is 27.5 Å². The maximum absolute atomic E-state index is 12.1. The lowest BCUT2D eigenvalue weighted by Crippen LogP contribution is -2.12. The van der Waals surface area contributed by atoms with E-state index in [0.717, 1.165) is 16.7 Å². The van der Waals surface area contributed by atoms with E-state index < -0.39 is 0 Å². The predicted molar refractivity (Wildman–Crippen MR) is 85.9 cm³/mol. The average molecular weight is 333 g/mol. The maximum Gasteiger partial charge on any atom is 0.255 e. The van der Waals surface area contributed by atoms with Gasteiger partial charge in [-0.15, -0.1) is 0 Å². The quantitative estimate of drug-likeness (QED) is 0.924. The summed E-state index contributed by atoms with van der Waals surface area (Å²) in [4.78, 5) is 14.2. The van der Waals surface area contributed by atoms with E-state index in [1.807, 2.05) is 50.5 Å². The Morgan fingerprint density at radius 3 is 2.45 bits per heavy atom. The van der Waals surface area contributed by atoms with Crippen LogP contribution in [0.5, 0.6) is 0 Å². The molecule has 0 radical (unpaired) electrons. The van der Waals surface area contributed by atoms with E-state index in [0.29, 0.717) is 5.56 Å². The van der Waals surface area contributed by atoms with Gasteiger partial charge in [-0.1, -0.05) is 34.1 Å². The number of hydrogen-bond donors (Lipinski definition) is 1. The van der Waals surface area contributed by atoms with Crippen molar-refractivity contribution in [2.24, 2.45) is 0 Å². The SMILES string of the molecule is CN(C)Cc1ccc(NC(=O)c2cccc(Br)c2)cc1. The highest BCUT2D eigenvalue weighted by Crippen LogP contribution is 2.15. The van der Waals surface area contributed by atoms with Gasteiger partial charge in [0.1, 0.15) is 0 Å². The number of carbonyl (C=O) groups excluding carboxylic acids is 1. The highest BCUT2D eigenvalue weighted by Gasteiger charge is 2.06. The lowest BCUT2D eigenvalue weighted by atomic mass is 10.2. The molecule has 0 unspecified atom stereocenters. The zero-order valence-corrected chi connectivity index (χ0v) is 13.1. The molecule has 0 aliphatic carbocycles. The van der Waals surface area contributed by atoms with Crippen molar-refractivity contribution in [3.63, 3.8) is 0 Å². The van der Waals surface area contributed by atoms with Crippen molar-refractivity contribution in [2.45, 2.75) is 6.54 Å². The minimum atomic E-state index is -0.105. The third-order valence-electron chi connectivity index (χ3n) is 2.80. The van der Waals surface area contributed by atoms with Crippen LogP contribution in [0.4, 0.5) is 5.69 Å². The molecule has 2 aromatic carbocycles. The maximum atomic E-state index is 12.1. The van der Waals surface area contributed by atoms with Crippen molar-refractivity contribution in [1.29, 1.82) is 0 Å². The molecule has 0 bridgehead atoms. The first-order chi connectivity index (χ1) is 9.54. The van der Waals surface area contributed by atoms with Crippen LogP contribution in [-0.4, -0.2) is 24.9 Å². The van der Waals surface area contributed by atoms with Gasteiger partial charge in [-0.2, -0.15) is 0 Å². The van der Waals surface area contributed by atoms with Gasteiger partial charge in [-0.25, -0.2) is 0 Å². The summed E-state index contributed by atoms with van der Waals surface area (Å²) in [6.07, 6.45) is 0. The standard InChI is InChI=1S/C16H17BrN2O/c1-19(2)11-12-6-8-15(9-7-12)18-16(20)13-4-3-5-14(17)10-13/h3-10H,11H2,1-2H3,(H,18,20). The van der Waals surface area contributed by atoms with Gasteiger partial charge >= 0.3 is 0 Å². The number of halogens is 1. The van der Waals surface area contributed by atoms with Gasteiger partial charge in [0.2, 0.25) is 0 Å². The van der Waals surface area contributed by atoms with Crippen molar-refractivity contribution in [3.8, 4) is 0 Å². The molecule has 0 aliphatic rings. The Morgan fingerprint density at radius 1 is 1.15 bits per heavy atom. The second-order valence-electron chi connectivity index (χ2n) is 4.90. The van der Waals surface area contributed by atoms with Crippen LogP contribution in [0.2, 0.25) is 0 Å². The fraction of sp³-hybridized carbons (Fsp3) is 0.188. The Labute approximate surface area is 127 Å². The van der Waals surface area contributed by atoms with Gasteiger partial charge in [-0.3, -0.25) is 4.79 Å². The summed E-state index contributed by atoms with van der Waals surface area (Å²) in [5.41, 5.74) is 2.66. The van der Waals surface area contributed by atoms with Crippen molar-refractivity contribution in [1.82, 2.24) is 4.90 Å². The van der Waals surface area contributed by atoms with Crippen LogP contribution in [0.15, 0.2) is 53.0 Å². The first-order valence-corrected chi connectivity index (χ1v) is 7.14. The van der Waals surface area contributed by atoms with Gasteiger partial charge in [0.05, 0.1) is 0 Å². The van der Waals surface area contributed by atoms with Gasteiger partial charge in [-0.05, 0) is 50.0 Å². The van der Waals surface area contributed by atoms with Crippen LogP contribution >= 0.6 is 15.9 Å². The molecule has 2 rings (SSSR count). The molecule has 20 heavy (non-hydrogen) atoms. The third kappa shape index (κ3) is 4.18. The molecular formula is C16H17BrN2O. The Morgan fingerprint density at radius 2 is 1.85 bits per heavy atom. The lowest BCUT2D eigenvalue weighted by molar-refractivity contribution is 0.102. The minimum Gasteiger partial charge on any atom is -0.322 e. The first-order valence-electron chi connectivity index (χ1n) is 6.35. The number of nitrogens with one attached hydrogen (secondary N) is 1. The van der Waals surface area contributed by atoms with Crippen molar-refractivity contribution in [3.05, 3.63) is 64.1 Å². The molecule has 0 atom stereocenters. The van der Waals surface area contributed by atoms with Gasteiger partial charge < -0.3 is 10.2 Å². The predicted octanol–water partition coefficient (Wildman–Crippen LogP) is 3.76. The summed E-state index contributed by atoms with van der Waals surface area (Å²) in [6, 6.07) is 15.2. The van der Waals surface area contributed by atoms with Gasteiger partial charge in [0, 0.05) is 22.3 Å². The molecule has 0 aromatic heterocycles. The first kappa shape index (κ1) is 14.8. The zero-order chi connectivity index (χ0) is 14.5. The smallest absolute Gasteiger partial charge is 0.255 e. The summed E-state index contributed by atoms with van der Waals surface area (Å²) in [7, 11) is 4.06. The van der Waals surface area contributed by atoms with Gasteiger partial charge in [0.25, 0.3) is 5.91 Å². The molecule has 0 spiro atoms. The van der Waals surface area contributed by atoms with E-state index in [4.69, 9.17) is 0 Å². The summed E-state index contributed by atoms with van der Waals surface area (Å²) in [5, 5.41) is 2.89. The topological polar surface area (TPSA) is 32.3 Å². The average Bonchev–Trinajstić information content (AvgIpc) is 2.40. The Bertz CT molecular complexity index is 594.